The Kier molecular flexibility index (Phi) is 5.71. The number of hydrogen-bond acceptors (Lipinski definition) is 2. The molecule has 2 aliphatic rings. The predicted octanol–water partition coefficient (Wildman–Crippen LogP) is 4.65. The van der Waals surface area contributed by atoms with Crippen molar-refractivity contribution in [3.8, 4) is 0 Å². The van der Waals surface area contributed by atoms with Gasteiger partial charge < -0.3 is 10.1 Å². The van der Waals surface area contributed by atoms with E-state index in [1.165, 1.54) is 50.5 Å². The van der Waals surface area contributed by atoms with Crippen molar-refractivity contribution in [1.82, 2.24) is 5.32 Å². The lowest BCUT2D eigenvalue weighted by molar-refractivity contribution is 0.0109. The topological polar surface area (TPSA) is 21.3 Å². The normalized spacial score (nSPS) is 27.7. The third kappa shape index (κ3) is 4.33. The second kappa shape index (κ2) is 7.76. The van der Waals surface area contributed by atoms with Crippen LogP contribution in [0.25, 0.3) is 0 Å². The van der Waals surface area contributed by atoms with Gasteiger partial charge in [0.1, 0.15) is 5.82 Å². The van der Waals surface area contributed by atoms with Crippen molar-refractivity contribution < 1.29 is 9.13 Å². The molecule has 0 spiro atoms. The van der Waals surface area contributed by atoms with E-state index in [-0.39, 0.29) is 5.82 Å². The van der Waals surface area contributed by atoms with Crippen LogP contribution in [-0.4, -0.2) is 25.8 Å². The van der Waals surface area contributed by atoms with Gasteiger partial charge >= 0.3 is 0 Å². The summed E-state index contributed by atoms with van der Waals surface area (Å²) >= 11 is 0. The first-order valence-corrected chi connectivity index (χ1v) is 9.27. The Bertz CT molecular complexity index is 473. The van der Waals surface area contributed by atoms with Crippen molar-refractivity contribution in [2.75, 3.05) is 19.8 Å². The molecule has 1 N–H and O–H groups in total. The standard InChI is InChI=1S/C20H30FNO/c1-2-20(11-13-23-14-12-20)15-22-19-9-5-17(6-10-19)16-3-7-18(21)8-4-16/h3-4,7-8,17,19,22H,2,5-6,9-15H2,1H3. The van der Waals surface area contributed by atoms with Gasteiger partial charge in [-0.3, -0.25) is 0 Å². The molecule has 1 aliphatic heterocycles. The average molecular weight is 319 g/mol. The van der Waals surface area contributed by atoms with Gasteiger partial charge in [-0.25, -0.2) is 4.39 Å². The van der Waals surface area contributed by atoms with Crippen LogP contribution in [0, 0.1) is 11.2 Å². The summed E-state index contributed by atoms with van der Waals surface area (Å²) in [6, 6.07) is 7.76. The van der Waals surface area contributed by atoms with Crippen LogP contribution in [0.15, 0.2) is 24.3 Å². The minimum Gasteiger partial charge on any atom is -0.381 e. The fraction of sp³-hybridized carbons (Fsp3) is 0.700. The highest BCUT2D eigenvalue weighted by atomic mass is 19.1. The van der Waals surface area contributed by atoms with Crippen molar-refractivity contribution in [3.63, 3.8) is 0 Å². The van der Waals surface area contributed by atoms with Crippen LogP contribution in [0.2, 0.25) is 0 Å². The highest BCUT2D eigenvalue weighted by Crippen LogP contribution is 2.36. The fourth-order valence-electron chi connectivity index (χ4n) is 4.19. The van der Waals surface area contributed by atoms with Gasteiger partial charge in [0, 0.05) is 25.8 Å². The lowest BCUT2D eigenvalue weighted by Gasteiger charge is -2.39. The monoisotopic (exact) mass is 319 g/mol. The lowest BCUT2D eigenvalue weighted by atomic mass is 9.77. The number of nitrogens with one attached hydrogen (secondary N) is 1. The summed E-state index contributed by atoms with van der Waals surface area (Å²) in [5.41, 5.74) is 1.76. The Labute approximate surface area is 139 Å². The quantitative estimate of drug-likeness (QED) is 0.853. The first-order chi connectivity index (χ1) is 11.2. The van der Waals surface area contributed by atoms with Crippen LogP contribution in [0.5, 0.6) is 0 Å². The van der Waals surface area contributed by atoms with E-state index in [0.717, 1.165) is 19.8 Å². The number of rotatable bonds is 5. The van der Waals surface area contributed by atoms with Gasteiger partial charge in [-0.1, -0.05) is 19.1 Å². The molecule has 3 heteroatoms. The maximum atomic E-state index is 13.0. The number of hydrogen-bond donors (Lipinski definition) is 1. The molecular weight excluding hydrogens is 289 g/mol. The molecule has 0 atom stereocenters. The maximum absolute atomic E-state index is 13.0. The minimum absolute atomic E-state index is 0.134. The summed E-state index contributed by atoms with van der Waals surface area (Å²) in [6.45, 7) is 5.30. The van der Waals surface area contributed by atoms with Gasteiger partial charge in [0.2, 0.25) is 0 Å². The lowest BCUT2D eigenvalue weighted by Crippen LogP contribution is -2.43. The molecular formula is C20H30FNO. The van der Waals surface area contributed by atoms with Gasteiger partial charge in [0.05, 0.1) is 0 Å². The van der Waals surface area contributed by atoms with Crippen molar-refractivity contribution in [2.24, 2.45) is 5.41 Å². The molecule has 1 aromatic carbocycles. The Morgan fingerprint density at radius 3 is 2.35 bits per heavy atom. The number of halogens is 1. The van der Waals surface area contributed by atoms with Crippen LogP contribution in [0.3, 0.4) is 0 Å². The summed E-state index contributed by atoms with van der Waals surface area (Å²) in [6.07, 6.45) is 8.53. The molecule has 0 unspecified atom stereocenters. The molecule has 0 bridgehead atoms. The van der Waals surface area contributed by atoms with Crippen molar-refractivity contribution in [3.05, 3.63) is 35.6 Å². The average Bonchev–Trinajstić information content (AvgIpc) is 2.62. The summed E-state index contributed by atoms with van der Waals surface area (Å²) in [5.74, 6) is 0.474. The Morgan fingerprint density at radius 1 is 1.09 bits per heavy atom. The Morgan fingerprint density at radius 2 is 1.74 bits per heavy atom. The molecule has 0 radical (unpaired) electrons. The largest absolute Gasteiger partial charge is 0.381 e. The minimum atomic E-state index is -0.134. The summed E-state index contributed by atoms with van der Waals surface area (Å²) in [7, 11) is 0. The molecule has 1 aromatic rings. The van der Waals surface area contributed by atoms with Gasteiger partial charge in [-0.05, 0) is 74.0 Å². The Hall–Kier alpha value is -0.930. The van der Waals surface area contributed by atoms with Gasteiger partial charge in [-0.15, -0.1) is 0 Å². The molecule has 1 saturated carbocycles. The first-order valence-electron chi connectivity index (χ1n) is 9.27. The molecule has 2 fully saturated rings. The zero-order valence-corrected chi connectivity index (χ0v) is 14.3. The van der Waals surface area contributed by atoms with Gasteiger partial charge in [0.25, 0.3) is 0 Å². The predicted molar refractivity (Wildman–Crippen MR) is 92.2 cm³/mol. The molecule has 128 valence electrons. The van der Waals surface area contributed by atoms with E-state index in [9.17, 15) is 4.39 Å². The van der Waals surface area contributed by atoms with Crippen molar-refractivity contribution >= 4 is 0 Å². The molecule has 1 heterocycles. The second-order valence-corrected chi connectivity index (χ2v) is 7.45. The molecule has 0 aromatic heterocycles. The van der Waals surface area contributed by atoms with Crippen LogP contribution >= 0.6 is 0 Å². The zero-order chi connectivity index (χ0) is 16.1. The molecule has 0 amide bonds. The van der Waals surface area contributed by atoms with Gasteiger partial charge in [-0.2, -0.15) is 0 Å². The van der Waals surface area contributed by atoms with Crippen LogP contribution in [-0.2, 0) is 4.74 Å². The van der Waals surface area contributed by atoms with Crippen LogP contribution < -0.4 is 5.32 Å². The molecule has 1 saturated heterocycles. The van der Waals surface area contributed by atoms with E-state index in [1.807, 2.05) is 12.1 Å². The molecule has 3 rings (SSSR count). The van der Waals surface area contributed by atoms with E-state index in [2.05, 4.69) is 12.2 Å². The second-order valence-electron chi connectivity index (χ2n) is 7.45. The van der Waals surface area contributed by atoms with E-state index in [0.29, 0.717) is 17.4 Å². The number of benzene rings is 1. The fourth-order valence-corrected chi connectivity index (χ4v) is 4.19. The van der Waals surface area contributed by atoms with E-state index < -0.39 is 0 Å². The maximum Gasteiger partial charge on any atom is 0.123 e. The summed E-state index contributed by atoms with van der Waals surface area (Å²) in [5, 5.41) is 3.85. The smallest absolute Gasteiger partial charge is 0.123 e. The third-order valence-corrected chi connectivity index (χ3v) is 6.14. The van der Waals surface area contributed by atoms with Crippen molar-refractivity contribution in [1.29, 1.82) is 0 Å². The highest BCUT2D eigenvalue weighted by molar-refractivity contribution is 5.21. The molecule has 2 nitrogen and oxygen atoms in total. The highest BCUT2D eigenvalue weighted by Gasteiger charge is 2.32. The first kappa shape index (κ1) is 16.9. The zero-order valence-electron chi connectivity index (χ0n) is 14.3. The Balaban J connectivity index is 1.46. The molecule has 23 heavy (non-hydrogen) atoms. The summed E-state index contributed by atoms with van der Waals surface area (Å²) in [4.78, 5) is 0. The van der Waals surface area contributed by atoms with Crippen LogP contribution in [0.1, 0.15) is 63.4 Å². The van der Waals surface area contributed by atoms with E-state index in [1.54, 1.807) is 12.1 Å². The van der Waals surface area contributed by atoms with E-state index in [4.69, 9.17) is 4.74 Å². The SMILES string of the molecule is CCC1(CNC2CCC(c3ccc(F)cc3)CC2)CCOCC1. The van der Waals surface area contributed by atoms with Crippen molar-refractivity contribution in [2.45, 2.75) is 63.8 Å². The molecule has 1 aliphatic carbocycles. The van der Waals surface area contributed by atoms with Gasteiger partial charge in [0.15, 0.2) is 0 Å². The van der Waals surface area contributed by atoms with E-state index >= 15 is 0 Å². The third-order valence-electron chi connectivity index (χ3n) is 6.14. The summed E-state index contributed by atoms with van der Waals surface area (Å²) < 4.78 is 18.6. The van der Waals surface area contributed by atoms with Crippen LogP contribution in [0.4, 0.5) is 4.39 Å². The number of ether oxygens (including phenoxy) is 1.